The number of likely N-dealkylation sites (tertiary alicyclic amines) is 1. The molecule has 1 heterocycles. The maximum absolute atomic E-state index is 12.0. The molecule has 1 aromatic rings. The Labute approximate surface area is 117 Å². The van der Waals surface area contributed by atoms with Crippen LogP contribution in [0, 0.1) is 5.92 Å². The third-order valence-electron chi connectivity index (χ3n) is 3.48. The lowest BCUT2D eigenvalue weighted by Crippen LogP contribution is -2.39. The lowest BCUT2D eigenvalue weighted by atomic mass is 9.97. The molecule has 0 spiro atoms. The van der Waals surface area contributed by atoms with Crippen molar-refractivity contribution in [1.29, 1.82) is 0 Å². The summed E-state index contributed by atoms with van der Waals surface area (Å²) in [5.41, 5.74) is 7.19. The van der Waals surface area contributed by atoms with Gasteiger partial charge in [-0.05, 0) is 36.6 Å². The van der Waals surface area contributed by atoms with Gasteiger partial charge in [0.25, 0.3) is 0 Å². The van der Waals surface area contributed by atoms with Gasteiger partial charge >= 0.3 is 5.97 Å². The average molecular weight is 274 g/mol. The summed E-state index contributed by atoms with van der Waals surface area (Å²) in [6, 6.07) is 7.28. The first-order chi connectivity index (χ1) is 9.56. The fourth-order valence-electron chi connectivity index (χ4n) is 2.28. The number of nitrogens with two attached hydrogens (primary N) is 1. The molecule has 2 rings (SSSR count). The zero-order valence-corrected chi connectivity index (χ0v) is 11.2. The van der Waals surface area contributed by atoms with Crippen LogP contribution in [0.15, 0.2) is 30.3 Å². The number of nitrogen functional groups attached to an aromatic ring is 1. The van der Waals surface area contributed by atoms with E-state index in [1.807, 2.05) is 12.1 Å². The van der Waals surface area contributed by atoms with Crippen LogP contribution in [0.2, 0.25) is 0 Å². The predicted octanol–water partition coefficient (Wildman–Crippen LogP) is 1.61. The number of aliphatic carboxylic acids is 1. The Bertz CT molecular complexity index is 532. The van der Waals surface area contributed by atoms with Gasteiger partial charge in [-0.3, -0.25) is 9.59 Å². The molecule has 0 aliphatic carbocycles. The Kier molecular flexibility index (Phi) is 4.40. The number of hydrogen-bond donors (Lipinski definition) is 2. The molecule has 5 heteroatoms. The zero-order chi connectivity index (χ0) is 14.5. The molecule has 0 radical (unpaired) electrons. The largest absolute Gasteiger partial charge is 0.481 e. The monoisotopic (exact) mass is 274 g/mol. The lowest BCUT2D eigenvalue weighted by Gasteiger charge is -2.29. The van der Waals surface area contributed by atoms with E-state index in [4.69, 9.17) is 10.8 Å². The van der Waals surface area contributed by atoms with Crippen molar-refractivity contribution >= 4 is 23.6 Å². The van der Waals surface area contributed by atoms with Crippen molar-refractivity contribution in [2.45, 2.75) is 12.8 Å². The van der Waals surface area contributed by atoms with Gasteiger partial charge in [-0.15, -0.1) is 0 Å². The number of carbonyl (C=O) groups is 2. The second kappa shape index (κ2) is 6.23. The third kappa shape index (κ3) is 3.60. The Morgan fingerprint density at radius 3 is 2.60 bits per heavy atom. The summed E-state index contributed by atoms with van der Waals surface area (Å²) < 4.78 is 0. The number of amides is 1. The quantitative estimate of drug-likeness (QED) is 0.648. The third-order valence-corrected chi connectivity index (χ3v) is 3.48. The highest BCUT2D eigenvalue weighted by atomic mass is 16.4. The Hall–Kier alpha value is -2.30. The lowest BCUT2D eigenvalue weighted by molar-refractivity contribution is -0.144. The van der Waals surface area contributed by atoms with E-state index < -0.39 is 5.97 Å². The number of hydrogen-bond acceptors (Lipinski definition) is 3. The highest BCUT2D eigenvalue weighted by Gasteiger charge is 2.25. The van der Waals surface area contributed by atoms with Gasteiger partial charge < -0.3 is 15.7 Å². The smallest absolute Gasteiger partial charge is 0.306 e. The minimum absolute atomic E-state index is 0.0868. The van der Waals surface area contributed by atoms with Crippen LogP contribution in [-0.2, 0) is 9.59 Å². The van der Waals surface area contributed by atoms with E-state index in [1.165, 1.54) is 6.08 Å². The Balaban J connectivity index is 1.91. The molecule has 5 nitrogen and oxygen atoms in total. The van der Waals surface area contributed by atoms with Gasteiger partial charge in [0, 0.05) is 24.9 Å². The molecule has 3 N–H and O–H groups in total. The second-order valence-corrected chi connectivity index (χ2v) is 4.94. The van der Waals surface area contributed by atoms with Gasteiger partial charge in [0.05, 0.1) is 5.92 Å². The van der Waals surface area contributed by atoms with Crippen LogP contribution in [0.5, 0.6) is 0 Å². The summed E-state index contributed by atoms with van der Waals surface area (Å²) in [5, 5.41) is 8.91. The van der Waals surface area contributed by atoms with Crippen LogP contribution in [0.1, 0.15) is 18.4 Å². The highest BCUT2D eigenvalue weighted by Crippen LogP contribution is 2.17. The van der Waals surface area contributed by atoms with Crippen molar-refractivity contribution in [1.82, 2.24) is 4.90 Å². The van der Waals surface area contributed by atoms with E-state index in [0.29, 0.717) is 31.6 Å². The summed E-state index contributed by atoms with van der Waals surface area (Å²) in [5.74, 6) is -1.18. The first kappa shape index (κ1) is 14.1. The summed E-state index contributed by atoms with van der Waals surface area (Å²) in [4.78, 5) is 24.5. The summed E-state index contributed by atoms with van der Waals surface area (Å²) in [6.45, 7) is 0.994. The number of carbonyl (C=O) groups excluding carboxylic acids is 1. The van der Waals surface area contributed by atoms with E-state index in [1.54, 1.807) is 23.1 Å². The number of carboxylic acid groups (broad SMARTS) is 1. The number of carboxylic acids is 1. The number of nitrogens with zero attached hydrogens (tertiary/aromatic N) is 1. The number of benzene rings is 1. The van der Waals surface area contributed by atoms with E-state index in [2.05, 4.69) is 0 Å². The van der Waals surface area contributed by atoms with Crippen LogP contribution in [0.4, 0.5) is 5.69 Å². The molecule has 1 fully saturated rings. The van der Waals surface area contributed by atoms with Gasteiger partial charge in [-0.2, -0.15) is 0 Å². The first-order valence-electron chi connectivity index (χ1n) is 6.61. The van der Waals surface area contributed by atoms with Crippen molar-refractivity contribution in [2.24, 2.45) is 5.92 Å². The van der Waals surface area contributed by atoms with Crippen molar-refractivity contribution in [3.63, 3.8) is 0 Å². The molecule has 1 aromatic carbocycles. The molecular weight excluding hydrogens is 256 g/mol. The predicted molar refractivity (Wildman–Crippen MR) is 76.8 cm³/mol. The molecule has 0 bridgehead atoms. The standard InChI is InChI=1S/C15H18N2O3/c16-13-3-1-2-11(10-13)4-5-14(18)17-8-6-12(7-9-17)15(19)20/h1-5,10,12H,6-9,16H2,(H,19,20)/b5-4+. The van der Waals surface area contributed by atoms with Crippen molar-refractivity contribution in [3.05, 3.63) is 35.9 Å². The van der Waals surface area contributed by atoms with Gasteiger partial charge in [0.15, 0.2) is 0 Å². The van der Waals surface area contributed by atoms with Gasteiger partial charge in [0.1, 0.15) is 0 Å². The molecule has 1 aliphatic heterocycles. The summed E-state index contributed by atoms with van der Waals surface area (Å²) in [6.07, 6.45) is 4.28. The van der Waals surface area contributed by atoms with E-state index in [9.17, 15) is 9.59 Å². The fourth-order valence-corrected chi connectivity index (χ4v) is 2.28. The van der Waals surface area contributed by atoms with E-state index >= 15 is 0 Å². The molecule has 1 saturated heterocycles. The molecule has 0 aromatic heterocycles. The van der Waals surface area contributed by atoms with Crippen LogP contribution >= 0.6 is 0 Å². The van der Waals surface area contributed by atoms with Crippen LogP contribution in [0.25, 0.3) is 6.08 Å². The van der Waals surface area contributed by atoms with Crippen LogP contribution in [-0.4, -0.2) is 35.0 Å². The van der Waals surface area contributed by atoms with Crippen molar-refractivity contribution in [2.75, 3.05) is 18.8 Å². The second-order valence-electron chi connectivity index (χ2n) is 4.94. The molecule has 20 heavy (non-hydrogen) atoms. The molecule has 106 valence electrons. The fraction of sp³-hybridized carbons (Fsp3) is 0.333. The molecule has 0 unspecified atom stereocenters. The highest BCUT2D eigenvalue weighted by molar-refractivity contribution is 5.92. The molecule has 1 aliphatic rings. The molecular formula is C15H18N2O3. The van der Waals surface area contributed by atoms with Gasteiger partial charge in [0.2, 0.25) is 5.91 Å². The minimum atomic E-state index is -0.771. The number of anilines is 1. The number of rotatable bonds is 3. The van der Waals surface area contributed by atoms with Gasteiger partial charge in [-0.25, -0.2) is 0 Å². The van der Waals surface area contributed by atoms with Crippen molar-refractivity contribution < 1.29 is 14.7 Å². The zero-order valence-electron chi connectivity index (χ0n) is 11.2. The SMILES string of the molecule is Nc1cccc(/C=C/C(=O)N2CCC(C(=O)O)CC2)c1. The minimum Gasteiger partial charge on any atom is -0.481 e. The average Bonchev–Trinajstić information content (AvgIpc) is 2.45. The summed E-state index contributed by atoms with van der Waals surface area (Å²) >= 11 is 0. The van der Waals surface area contributed by atoms with Crippen LogP contribution in [0.3, 0.4) is 0 Å². The molecule has 0 saturated carbocycles. The Morgan fingerprint density at radius 2 is 2.00 bits per heavy atom. The van der Waals surface area contributed by atoms with E-state index in [-0.39, 0.29) is 11.8 Å². The topological polar surface area (TPSA) is 83.6 Å². The van der Waals surface area contributed by atoms with Crippen molar-refractivity contribution in [3.8, 4) is 0 Å². The maximum atomic E-state index is 12.0. The normalized spacial score (nSPS) is 16.5. The first-order valence-corrected chi connectivity index (χ1v) is 6.61. The maximum Gasteiger partial charge on any atom is 0.306 e. The summed E-state index contributed by atoms with van der Waals surface area (Å²) in [7, 11) is 0. The molecule has 1 amide bonds. The van der Waals surface area contributed by atoms with Gasteiger partial charge in [-0.1, -0.05) is 12.1 Å². The Morgan fingerprint density at radius 1 is 1.30 bits per heavy atom. The van der Waals surface area contributed by atoms with E-state index in [0.717, 1.165) is 5.56 Å². The van der Waals surface area contributed by atoms with Crippen LogP contribution < -0.4 is 5.73 Å². The number of piperidine rings is 1. The molecule has 0 atom stereocenters.